The van der Waals surface area contributed by atoms with Crippen molar-refractivity contribution < 1.29 is 14.6 Å². The van der Waals surface area contributed by atoms with E-state index in [0.717, 1.165) is 24.2 Å². The molecule has 20 heavy (non-hydrogen) atoms. The second kappa shape index (κ2) is 9.06. The van der Waals surface area contributed by atoms with Gasteiger partial charge in [0.1, 0.15) is 0 Å². The second-order valence-corrected chi connectivity index (χ2v) is 5.05. The maximum atomic E-state index is 9.23. The van der Waals surface area contributed by atoms with Crippen LogP contribution in [0.5, 0.6) is 11.5 Å². The normalized spacial score (nSPS) is 12.2. The van der Waals surface area contributed by atoms with E-state index in [0.29, 0.717) is 23.9 Å². The molecule has 0 radical (unpaired) electrons. The molecule has 0 unspecified atom stereocenters. The van der Waals surface area contributed by atoms with Gasteiger partial charge >= 0.3 is 0 Å². The fourth-order valence-electron chi connectivity index (χ4n) is 1.87. The van der Waals surface area contributed by atoms with Gasteiger partial charge in [0, 0.05) is 29.2 Å². The lowest BCUT2D eigenvalue weighted by Gasteiger charge is -2.18. The fraction of sp³-hybridized carbons (Fsp3) is 0.600. The van der Waals surface area contributed by atoms with Crippen LogP contribution in [0.25, 0.3) is 0 Å². The molecule has 0 aliphatic heterocycles. The van der Waals surface area contributed by atoms with Crippen LogP contribution in [0.15, 0.2) is 12.1 Å². The van der Waals surface area contributed by atoms with Gasteiger partial charge in [0.25, 0.3) is 0 Å². The molecule has 2 N–H and O–H groups in total. The van der Waals surface area contributed by atoms with Crippen LogP contribution < -0.4 is 14.8 Å². The van der Waals surface area contributed by atoms with E-state index in [4.69, 9.17) is 21.1 Å². The van der Waals surface area contributed by atoms with E-state index in [1.807, 2.05) is 13.0 Å². The summed E-state index contributed by atoms with van der Waals surface area (Å²) >= 11 is 6.11. The van der Waals surface area contributed by atoms with Gasteiger partial charge in [-0.1, -0.05) is 25.4 Å². The molecule has 0 amide bonds. The third-order valence-electron chi connectivity index (χ3n) is 3.06. The number of nitrogens with one attached hydrogen (secondary N) is 1. The fourth-order valence-corrected chi connectivity index (χ4v) is 2.10. The molecule has 0 aliphatic rings. The molecule has 0 saturated heterocycles. The second-order valence-electron chi connectivity index (χ2n) is 4.61. The molecule has 5 heteroatoms. The SMILES string of the molecule is CCCOc1c(CN[C@H](CC)CO)cc(Cl)cc1OC. The molecule has 0 heterocycles. The minimum absolute atomic E-state index is 0.0685. The highest BCUT2D eigenvalue weighted by atomic mass is 35.5. The van der Waals surface area contributed by atoms with Crippen LogP contribution in [-0.2, 0) is 6.54 Å². The topological polar surface area (TPSA) is 50.7 Å². The Morgan fingerprint density at radius 3 is 2.65 bits per heavy atom. The average molecular weight is 302 g/mol. The zero-order valence-electron chi connectivity index (χ0n) is 12.4. The molecule has 0 spiro atoms. The highest BCUT2D eigenvalue weighted by Crippen LogP contribution is 2.34. The number of hydrogen-bond donors (Lipinski definition) is 2. The predicted molar refractivity (Wildman–Crippen MR) is 81.8 cm³/mol. The van der Waals surface area contributed by atoms with E-state index < -0.39 is 0 Å². The minimum atomic E-state index is 0.0685. The predicted octanol–water partition coefficient (Wildman–Crippen LogP) is 3.00. The van der Waals surface area contributed by atoms with Crippen LogP contribution >= 0.6 is 11.6 Å². The molecule has 114 valence electrons. The Labute approximate surface area is 126 Å². The first-order chi connectivity index (χ1) is 9.65. The number of methoxy groups -OCH3 is 1. The Morgan fingerprint density at radius 1 is 1.35 bits per heavy atom. The van der Waals surface area contributed by atoms with E-state index in [1.54, 1.807) is 13.2 Å². The summed E-state index contributed by atoms with van der Waals surface area (Å²) in [6.07, 6.45) is 1.78. The molecular weight excluding hydrogens is 278 g/mol. The van der Waals surface area contributed by atoms with Gasteiger partial charge in [-0.3, -0.25) is 0 Å². The molecule has 1 aromatic carbocycles. The first-order valence-corrected chi connectivity index (χ1v) is 7.37. The number of aliphatic hydroxyl groups excluding tert-OH is 1. The quantitative estimate of drug-likeness (QED) is 0.736. The van der Waals surface area contributed by atoms with Crippen molar-refractivity contribution in [1.82, 2.24) is 5.32 Å². The standard InChI is InChI=1S/C15H24ClNO3/c1-4-6-20-15-11(9-17-13(5-2)10-18)7-12(16)8-14(15)19-3/h7-8,13,17-18H,4-6,9-10H2,1-3H3/t13-/m1/s1. The van der Waals surface area contributed by atoms with Crippen molar-refractivity contribution in [3.05, 3.63) is 22.7 Å². The first-order valence-electron chi connectivity index (χ1n) is 6.99. The van der Waals surface area contributed by atoms with Gasteiger partial charge in [-0.15, -0.1) is 0 Å². The summed E-state index contributed by atoms with van der Waals surface area (Å²) in [6, 6.07) is 3.69. The Morgan fingerprint density at radius 2 is 2.10 bits per heavy atom. The summed E-state index contributed by atoms with van der Waals surface area (Å²) in [5, 5.41) is 13.1. The van der Waals surface area contributed by atoms with Gasteiger partial charge in [-0.05, 0) is 18.9 Å². The average Bonchev–Trinajstić information content (AvgIpc) is 2.46. The van der Waals surface area contributed by atoms with Crippen LogP contribution in [-0.4, -0.2) is 31.5 Å². The molecule has 1 rings (SSSR count). The summed E-state index contributed by atoms with van der Waals surface area (Å²) in [5.74, 6) is 1.36. The highest BCUT2D eigenvalue weighted by Gasteiger charge is 2.14. The number of hydrogen-bond acceptors (Lipinski definition) is 4. The van der Waals surface area contributed by atoms with E-state index in [2.05, 4.69) is 12.2 Å². The Balaban J connectivity index is 2.93. The summed E-state index contributed by atoms with van der Waals surface area (Å²) in [7, 11) is 1.60. The third-order valence-corrected chi connectivity index (χ3v) is 3.28. The molecule has 0 aliphatic carbocycles. The summed E-state index contributed by atoms with van der Waals surface area (Å²) < 4.78 is 11.1. The molecule has 1 atom stereocenters. The lowest BCUT2D eigenvalue weighted by molar-refractivity contribution is 0.237. The van der Waals surface area contributed by atoms with Crippen molar-refractivity contribution in [1.29, 1.82) is 0 Å². The summed E-state index contributed by atoms with van der Waals surface area (Å²) in [4.78, 5) is 0. The maximum absolute atomic E-state index is 9.23. The third kappa shape index (κ3) is 4.85. The highest BCUT2D eigenvalue weighted by molar-refractivity contribution is 6.30. The van der Waals surface area contributed by atoms with Crippen LogP contribution in [0.1, 0.15) is 32.3 Å². The van der Waals surface area contributed by atoms with Crippen LogP contribution in [0.3, 0.4) is 0 Å². The van der Waals surface area contributed by atoms with Crippen molar-refractivity contribution in [2.45, 2.75) is 39.3 Å². The number of ether oxygens (including phenoxy) is 2. The van der Waals surface area contributed by atoms with E-state index >= 15 is 0 Å². The number of halogens is 1. The van der Waals surface area contributed by atoms with E-state index in [1.165, 1.54) is 0 Å². The van der Waals surface area contributed by atoms with E-state index in [9.17, 15) is 5.11 Å². The Kier molecular flexibility index (Phi) is 7.73. The van der Waals surface area contributed by atoms with Crippen molar-refractivity contribution in [2.75, 3.05) is 20.3 Å². The van der Waals surface area contributed by atoms with Crippen molar-refractivity contribution >= 4 is 11.6 Å². The van der Waals surface area contributed by atoms with Crippen LogP contribution in [0.4, 0.5) is 0 Å². The van der Waals surface area contributed by atoms with Crippen molar-refractivity contribution in [3.63, 3.8) is 0 Å². The summed E-state index contributed by atoms with van der Waals surface area (Å²) in [6.45, 7) is 5.40. The number of benzene rings is 1. The molecule has 1 aromatic rings. The Bertz CT molecular complexity index is 408. The monoisotopic (exact) mass is 301 g/mol. The van der Waals surface area contributed by atoms with Crippen LogP contribution in [0.2, 0.25) is 5.02 Å². The number of aliphatic hydroxyl groups is 1. The molecular formula is C15H24ClNO3. The Hall–Kier alpha value is -0.970. The lowest BCUT2D eigenvalue weighted by Crippen LogP contribution is -2.31. The first kappa shape index (κ1) is 17.1. The lowest BCUT2D eigenvalue weighted by atomic mass is 10.1. The van der Waals surface area contributed by atoms with Gasteiger partial charge in [0.2, 0.25) is 0 Å². The van der Waals surface area contributed by atoms with Crippen LogP contribution in [0, 0.1) is 0 Å². The van der Waals surface area contributed by atoms with Gasteiger partial charge in [-0.25, -0.2) is 0 Å². The molecule has 0 fully saturated rings. The molecule has 0 saturated carbocycles. The largest absolute Gasteiger partial charge is 0.493 e. The zero-order valence-corrected chi connectivity index (χ0v) is 13.2. The molecule has 0 aromatic heterocycles. The van der Waals surface area contributed by atoms with Gasteiger partial charge in [0.15, 0.2) is 11.5 Å². The maximum Gasteiger partial charge on any atom is 0.165 e. The molecule has 0 bridgehead atoms. The number of rotatable bonds is 9. The van der Waals surface area contributed by atoms with Gasteiger partial charge < -0.3 is 19.9 Å². The minimum Gasteiger partial charge on any atom is -0.493 e. The van der Waals surface area contributed by atoms with E-state index in [-0.39, 0.29) is 12.6 Å². The smallest absolute Gasteiger partial charge is 0.165 e. The van der Waals surface area contributed by atoms with Gasteiger partial charge in [0.05, 0.1) is 20.3 Å². The summed E-state index contributed by atoms with van der Waals surface area (Å²) in [5.41, 5.74) is 0.940. The van der Waals surface area contributed by atoms with Crippen molar-refractivity contribution in [2.24, 2.45) is 0 Å². The molecule has 4 nitrogen and oxygen atoms in total. The zero-order chi connectivity index (χ0) is 15.0. The van der Waals surface area contributed by atoms with Crippen molar-refractivity contribution in [3.8, 4) is 11.5 Å². The van der Waals surface area contributed by atoms with Gasteiger partial charge in [-0.2, -0.15) is 0 Å².